The van der Waals surface area contributed by atoms with Gasteiger partial charge in [-0.2, -0.15) is 0 Å². The molecule has 2 heterocycles. The van der Waals surface area contributed by atoms with Crippen molar-refractivity contribution in [2.45, 2.75) is 31.5 Å². The van der Waals surface area contributed by atoms with Gasteiger partial charge in [0.05, 0.1) is 30.8 Å². The summed E-state index contributed by atoms with van der Waals surface area (Å²) in [6.07, 6.45) is 0.634. The molecule has 6 nitrogen and oxygen atoms in total. The van der Waals surface area contributed by atoms with Crippen LogP contribution in [0.1, 0.15) is 18.7 Å². The number of fused-ring (bicyclic) bond motifs is 1. The molecule has 6 heteroatoms. The third kappa shape index (κ3) is 2.71. The summed E-state index contributed by atoms with van der Waals surface area (Å²) in [5, 5.41) is 9.82. The Morgan fingerprint density at radius 1 is 1.45 bits per heavy atom. The van der Waals surface area contributed by atoms with E-state index in [2.05, 4.69) is 9.55 Å². The van der Waals surface area contributed by atoms with Crippen LogP contribution in [0.3, 0.4) is 0 Å². The molecule has 1 saturated heterocycles. The number of aromatic nitrogens is 2. The van der Waals surface area contributed by atoms with Gasteiger partial charge in [-0.1, -0.05) is 12.1 Å². The highest BCUT2D eigenvalue weighted by Gasteiger charge is 2.34. The number of benzene rings is 1. The Hall–Kier alpha value is -1.92. The van der Waals surface area contributed by atoms with Crippen molar-refractivity contribution < 1.29 is 14.6 Å². The predicted octanol–water partition coefficient (Wildman–Crippen LogP) is 1.07. The molecule has 1 fully saturated rings. The number of nitrogens with zero attached hydrogens (tertiary/aromatic N) is 3. The molecule has 1 aromatic carbocycles. The summed E-state index contributed by atoms with van der Waals surface area (Å²) in [6.45, 7) is 1.22. The molecule has 0 spiro atoms. The lowest BCUT2D eigenvalue weighted by Crippen LogP contribution is -2.48. The molecule has 0 bridgehead atoms. The lowest BCUT2D eigenvalue weighted by atomic mass is 9.99. The normalized spacial score (nSPS) is 22.9. The Kier molecular flexibility index (Phi) is 4.13. The zero-order chi connectivity index (χ0) is 15.7. The molecular weight excluding hydrogens is 282 g/mol. The van der Waals surface area contributed by atoms with Gasteiger partial charge in [0, 0.05) is 13.6 Å². The minimum atomic E-state index is -0.444. The Labute approximate surface area is 129 Å². The summed E-state index contributed by atoms with van der Waals surface area (Å²) < 4.78 is 6.93. The number of hydrogen-bond donors (Lipinski definition) is 1. The van der Waals surface area contributed by atoms with Gasteiger partial charge in [0.25, 0.3) is 0 Å². The Morgan fingerprint density at radius 2 is 2.23 bits per heavy atom. The number of ether oxygens (including phenoxy) is 1. The van der Waals surface area contributed by atoms with Crippen molar-refractivity contribution in [3.63, 3.8) is 0 Å². The number of aliphatic hydroxyl groups excluding tert-OH is 1. The van der Waals surface area contributed by atoms with Gasteiger partial charge >= 0.3 is 5.97 Å². The highest BCUT2D eigenvalue weighted by atomic mass is 16.5. The fourth-order valence-electron chi connectivity index (χ4n) is 3.08. The summed E-state index contributed by atoms with van der Waals surface area (Å²) in [4.78, 5) is 18.7. The van der Waals surface area contributed by atoms with Gasteiger partial charge in [-0.3, -0.25) is 9.69 Å². The second-order valence-corrected chi connectivity index (χ2v) is 5.76. The quantitative estimate of drug-likeness (QED) is 0.859. The molecule has 0 amide bonds. The molecule has 1 aliphatic heterocycles. The van der Waals surface area contributed by atoms with Crippen molar-refractivity contribution in [2.75, 3.05) is 13.7 Å². The zero-order valence-electron chi connectivity index (χ0n) is 12.9. The summed E-state index contributed by atoms with van der Waals surface area (Å²) >= 11 is 0. The molecule has 2 atom stereocenters. The lowest BCUT2D eigenvalue weighted by Gasteiger charge is -2.35. The van der Waals surface area contributed by atoms with E-state index in [0.717, 1.165) is 16.9 Å². The number of para-hydroxylation sites is 2. The number of aliphatic hydroxyl groups is 1. The Balaban J connectivity index is 1.86. The smallest absolute Gasteiger partial charge is 0.323 e. The maximum Gasteiger partial charge on any atom is 0.323 e. The molecule has 1 N–H and O–H groups in total. The van der Waals surface area contributed by atoms with Gasteiger partial charge < -0.3 is 14.4 Å². The first-order chi connectivity index (χ1) is 10.6. The molecule has 118 valence electrons. The van der Waals surface area contributed by atoms with Gasteiger partial charge in [-0.25, -0.2) is 4.98 Å². The molecule has 1 aromatic heterocycles. The third-order valence-electron chi connectivity index (χ3n) is 4.38. The standard InChI is InChI=1S/C16H21N3O3/c1-18-13-6-4-3-5-12(13)17-15(18)10-19-8-7-11(20)9-14(19)16(21)22-2/h3-6,11,14,20H,7-10H2,1-2H3/t11-,14+/m0/s1. The van der Waals surface area contributed by atoms with Gasteiger partial charge in [0.15, 0.2) is 0 Å². The van der Waals surface area contributed by atoms with Crippen LogP contribution in [0, 0.1) is 0 Å². The molecule has 2 aromatic rings. The Bertz CT molecular complexity index is 682. The van der Waals surface area contributed by atoms with Crippen LogP contribution in [0.2, 0.25) is 0 Å². The number of piperidine rings is 1. The number of esters is 1. The van der Waals surface area contributed by atoms with E-state index in [-0.39, 0.29) is 5.97 Å². The largest absolute Gasteiger partial charge is 0.468 e. The first-order valence-electron chi connectivity index (χ1n) is 7.50. The topological polar surface area (TPSA) is 67.6 Å². The number of imidazole rings is 1. The van der Waals surface area contributed by atoms with Crippen molar-refractivity contribution in [3.05, 3.63) is 30.1 Å². The summed E-state index contributed by atoms with van der Waals surface area (Å²) in [5.74, 6) is 0.615. The highest BCUT2D eigenvalue weighted by molar-refractivity contribution is 5.76. The van der Waals surface area contributed by atoms with E-state index in [1.165, 1.54) is 7.11 Å². The fourth-order valence-corrected chi connectivity index (χ4v) is 3.08. The van der Waals surface area contributed by atoms with E-state index in [1.54, 1.807) is 0 Å². The molecule has 0 unspecified atom stereocenters. The van der Waals surface area contributed by atoms with Crippen molar-refractivity contribution in [2.24, 2.45) is 7.05 Å². The number of carbonyl (C=O) groups excluding carboxylic acids is 1. The van der Waals surface area contributed by atoms with Gasteiger partial charge in [0.1, 0.15) is 11.9 Å². The minimum absolute atomic E-state index is 0.294. The molecule has 1 aliphatic rings. The van der Waals surface area contributed by atoms with Crippen molar-refractivity contribution in [1.29, 1.82) is 0 Å². The van der Waals surface area contributed by atoms with Crippen LogP contribution < -0.4 is 0 Å². The number of likely N-dealkylation sites (tertiary alicyclic amines) is 1. The number of aryl methyl sites for hydroxylation is 1. The molecular formula is C16H21N3O3. The molecule has 0 radical (unpaired) electrons. The summed E-state index contributed by atoms with van der Waals surface area (Å²) in [5.41, 5.74) is 2.02. The first kappa shape index (κ1) is 15.0. The van der Waals surface area contributed by atoms with Gasteiger partial charge in [-0.15, -0.1) is 0 Å². The summed E-state index contributed by atoms with van der Waals surface area (Å²) in [7, 11) is 3.37. The van der Waals surface area contributed by atoms with Crippen LogP contribution in [0.15, 0.2) is 24.3 Å². The van der Waals surface area contributed by atoms with Gasteiger partial charge in [0.2, 0.25) is 0 Å². The Morgan fingerprint density at radius 3 is 2.95 bits per heavy atom. The van der Waals surface area contributed by atoms with Crippen molar-refractivity contribution >= 4 is 17.0 Å². The van der Waals surface area contributed by atoms with Crippen LogP contribution >= 0.6 is 0 Å². The van der Waals surface area contributed by atoms with Crippen LogP contribution in [0.5, 0.6) is 0 Å². The van der Waals surface area contributed by atoms with E-state index < -0.39 is 12.1 Å². The van der Waals surface area contributed by atoms with E-state index in [1.807, 2.05) is 36.2 Å². The second-order valence-electron chi connectivity index (χ2n) is 5.76. The van der Waals surface area contributed by atoms with Crippen molar-refractivity contribution in [1.82, 2.24) is 14.5 Å². The SMILES string of the molecule is COC(=O)[C@H]1C[C@@H](O)CCN1Cc1nc2ccccc2n1C. The number of methoxy groups -OCH3 is 1. The molecule has 22 heavy (non-hydrogen) atoms. The van der Waals surface area contributed by atoms with Crippen molar-refractivity contribution in [3.8, 4) is 0 Å². The number of hydrogen-bond acceptors (Lipinski definition) is 5. The van der Waals surface area contributed by atoms with Crippen LogP contribution in [0.25, 0.3) is 11.0 Å². The van der Waals surface area contributed by atoms with E-state index in [4.69, 9.17) is 4.74 Å². The first-order valence-corrected chi connectivity index (χ1v) is 7.50. The summed E-state index contributed by atoms with van der Waals surface area (Å²) in [6, 6.07) is 7.56. The van der Waals surface area contributed by atoms with Crippen LogP contribution in [-0.2, 0) is 23.1 Å². The highest BCUT2D eigenvalue weighted by Crippen LogP contribution is 2.22. The maximum absolute atomic E-state index is 12.0. The predicted molar refractivity (Wildman–Crippen MR) is 82.2 cm³/mol. The molecule has 0 aliphatic carbocycles. The van der Waals surface area contributed by atoms with E-state index in [9.17, 15) is 9.90 Å². The molecule has 0 saturated carbocycles. The monoisotopic (exact) mass is 303 g/mol. The lowest BCUT2D eigenvalue weighted by molar-refractivity contribution is -0.150. The van der Waals surface area contributed by atoms with Gasteiger partial charge in [-0.05, 0) is 25.0 Å². The van der Waals surface area contributed by atoms with E-state index >= 15 is 0 Å². The van der Waals surface area contributed by atoms with Crippen LogP contribution in [0.4, 0.5) is 0 Å². The minimum Gasteiger partial charge on any atom is -0.468 e. The maximum atomic E-state index is 12.0. The molecule has 3 rings (SSSR count). The van der Waals surface area contributed by atoms with E-state index in [0.29, 0.717) is 25.9 Å². The van der Waals surface area contributed by atoms with Crippen LogP contribution in [-0.4, -0.2) is 51.3 Å². The fraction of sp³-hybridized carbons (Fsp3) is 0.500. The third-order valence-corrected chi connectivity index (χ3v) is 4.38. The average Bonchev–Trinajstić information content (AvgIpc) is 2.85. The zero-order valence-corrected chi connectivity index (χ0v) is 12.9. The number of carbonyl (C=O) groups is 1. The number of rotatable bonds is 3. The average molecular weight is 303 g/mol. The second kappa shape index (κ2) is 6.06.